The quantitative estimate of drug-likeness (QED) is 0.591. The van der Waals surface area contributed by atoms with E-state index in [1.54, 1.807) is 6.07 Å². The first kappa shape index (κ1) is 23.1. The maximum atomic E-state index is 12.7. The molecule has 1 fully saturated rings. The maximum Gasteiger partial charge on any atom is 0.244 e. The SMILES string of the molecule is CN(CC(=O)Nc1ccc(S(=O)(=O)N2CCCC2)cc1)S(=O)(=O)c1ccccc1C=O. The number of hydrogen-bond donors (Lipinski definition) is 1. The third-order valence-electron chi connectivity index (χ3n) is 4.94. The topological polar surface area (TPSA) is 121 Å². The average molecular weight is 466 g/mol. The minimum absolute atomic E-state index is 0.00422. The number of carbonyl (C=O) groups excluding carboxylic acids is 2. The first-order valence-corrected chi connectivity index (χ1v) is 12.4. The minimum atomic E-state index is -4.05. The zero-order valence-corrected chi connectivity index (χ0v) is 18.5. The van der Waals surface area contributed by atoms with Gasteiger partial charge in [-0.15, -0.1) is 0 Å². The lowest BCUT2D eigenvalue weighted by Crippen LogP contribution is -2.35. The normalized spacial score (nSPS) is 15.2. The number of hydrogen-bond acceptors (Lipinski definition) is 6. The van der Waals surface area contributed by atoms with E-state index in [-0.39, 0.29) is 15.4 Å². The highest BCUT2D eigenvalue weighted by Gasteiger charge is 2.27. The number of amides is 1. The summed E-state index contributed by atoms with van der Waals surface area (Å²) in [5.41, 5.74) is 0.342. The van der Waals surface area contributed by atoms with Gasteiger partial charge in [-0.05, 0) is 43.2 Å². The van der Waals surface area contributed by atoms with Gasteiger partial charge in [0.05, 0.1) is 16.3 Å². The second-order valence-corrected chi connectivity index (χ2v) is 11.1. The molecule has 0 spiro atoms. The van der Waals surface area contributed by atoms with Crippen LogP contribution in [0, 0.1) is 0 Å². The summed E-state index contributed by atoms with van der Waals surface area (Å²) in [4.78, 5) is 23.4. The Morgan fingerprint density at radius 1 is 1.03 bits per heavy atom. The Morgan fingerprint density at radius 2 is 1.65 bits per heavy atom. The molecule has 1 aliphatic heterocycles. The van der Waals surface area contributed by atoms with Crippen LogP contribution in [0.3, 0.4) is 0 Å². The summed E-state index contributed by atoms with van der Waals surface area (Å²) in [5.74, 6) is -0.607. The molecule has 1 saturated heterocycles. The Bertz CT molecular complexity index is 1170. The largest absolute Gasteiger partial charge is 0.325 e. The van der Waals surface area contributed by atoms with Crippen LogP contribution in [0.25, 0.3) is 0 Å². The Hall–Kier alpha value is -2.60. The van der Waals surface area contributed by atoms with Gasteiger partial charge in [0.2, 0.25) is 26.0 Å². The zero-order valence-electron chi connectivity index (χ0n) is 16.9. The molecule has 0 aliphatic carbocycles. The Balaban J connectivity index is 1.67. The predicted molar refractivity (Wildman–Crippen MR) is 115 cm³/mol. The standard InChI is InChI=1S/C20H23N3O6S2/c1-22(31(28,29)19-7-3-2-6-16(19)15-24)14-20(25)21-17-8-10-18(11-9-17)30(26,27)23-12-4-5-13-23/h2-3,6-11,15H,4-5,12-14H2,1H3,(H,21,25). The molecule has 31 heavy (non-hydrogen) atoms. The molecule has 2 aromatic carbocycles. The van der Waals surface area contributed by atoms with E-state index in [1.165, 1.54) is 53.8 Å². The van der Waals surface area contributed by atoms with Gasteiger partial charge in [-0.3, -0.25) is 9.59 Å². The van der Waals surface area contributed by atoms with Crippen molar-refractivity contribution >= 4 is 37.9 Å². The Labute approximate surface area is 181 Å². The van der Waals surface area contributed by atoms with Crippen molar-refractivity contribution in [1.82, 2.24) is 8.61 Å². The van der Waals surface area contributed by atoms with E-state index in [0.717, 1.165) is 17.1 Å². The van der Waals surface area contributed by atoms with E-state index < -0.39 is 32.5 Å². The number of sulfonamides is 2. The fourth-order valence-electron chi connectivity index (χ4n) is 3.26. The minimum Gasteiger partial charge on any atom is -0.325 e. The van der Waals surface area contributed by atoms with E-state index in [2.05, 4.69) is 5.32 Å². The second kappa shape index (κ2) is 9.27. The number of carbonyl (C=O) groups is 2. The predicted octanol–water partition coefficient (Wildman–Crippen LogP) is 1.54. The molecule has 11 heteroatoms. The van der Waals surface area contributed by atoms with Gasteiger partial charge in [0.1, 0.15) is 0 Å². The molecule has 1 heterocycles. The molecule has 0 saturated carbocycles. The number of aldehydes is 1. The van der Waals surface area contributed by atoms with E-state index in [1.807, 2.05) is 0 Å². The van der Waals surface area contributed by atoms with Crippen molar-refractivity contribution in [2.75, 3.05) is 32.0 Å². The Morgan fingerprint density at radius 3 is 2.26 bits per heavy atom. The van der Waals surface area contributed by atoms with Gasteiger partial charge in [-0.2, -0.15) is 8.61 Å². The van der Waals surface area contributed by atoms with Gasteiger partial charge in [-0.1, -0.05) is 18.2 Å². The van der Waals surface area contributed by atoms with Gasteiger partial charge in [0, 0.05) is 31.4 Å². The molecule has 1 aliphatic rings. The molecule has 1 amide bonds. The van der Waals surface area contributed by atoms with Crippen LogP contribution in [0.1, 0.15) is 23.2 Å². The van der Waals surface area contributed by atoms with E-state index in [0.29, 0.717) is 25.1 Å². The Kier molecular flexibility index (Phi) is 6.90. The average Bonchev–Trinajstić information content (AvgIpc) is 3.30. The van der Waals surface area contributed by atoms with Crippen LogP contribution in [0.4, 0.5) is 5.69 Å². The molecular formula is C20H23N3O6S2. The molecule has 0 unspecified atom stereocenters. The highest BCUT2D eigenvalue weighted by molar-refractivity contribution is 7.89. The van der Waals surface area contributed by atoms with E-state index in [4.69, 9.17) is 0 Å². The van der Waals surface area contributed by atoms with Gasteiger partial charge < -0.3 is 5.32 Å². The van der Waals surface area contributed by atoms with Crippen LogP contribution < -0.4 is 5.32 Å². The molecule has 2 aromatic rings. The van der Waals surface area contributed by atoms with E-state index >= 15 is 0 Å². The summed E-state index contributed by atoms with van der Waals surface area (Å²) in [6, 6.07) is 11.4. The number of anilines is 1. The molecule has 3 rings (SSSR count). The van der Waals surface area contributed by atoms with Crippen molar-refractivity contribution in [2.45, 2.75) is 22.6 Å². The molecule has 0 atom stereocenters. The van der Waals surface area contributed by atoms with Crippen LogP contribution >= 0.6 is 0 Å². The van der Waals surface area contributed by atoms with Crippen molar-refractivity contribution in [3.05, 3.63) is 54.1 Å². The summed E-state index contributed by atoms with van der Waals surface area (Å²) in [6.07, 6.45) is 2.11. The first-order valence-electron chi connectivity index (χ1n) is 9.57. The number of nitrogens with zero attached hydrogens (tertiary/aromatic N) is 2. The molecule has 0 radical (unpaired) electrons. The maximum absolute atomic E-state index is 12.7. The monoisotopic (exact) mass is 465 g/mol. The van der Waals surface area contributed by atoms with Crippen molar-refractivity contribution in [3.63, 3.8) is 0 Å². The number of nitrogens with one attached hydrogen (secondary N) is 1. The molecule has 1 N–H and O–H groups in total. The molecule has 0 aromatic heterocycles. The summed E-state index contributed by atoms with van der Waals surface area (Å²) in [7, 11) is -6.36. The van der Waals surface area contributed by atoms with Crippen LogP contribution in [0.5, 0.6) is 0 Å². The third-order valence-corrected chi connectivity index (χ3v) is 8.73. The van der Waals surface area contributed by atoms with Gasteiger partial charge >= 0.3 is 0 Å². The number of rotatable bonds is 8. The highest BCUT2D eigenvalue weighted by atomic mass is 32.2. The number of likely N-dealkylation sites (N-methyl/N-ethyl adjacent to an activating group) is 1. The number of benzene rings is 2. The zero-order chi connectivity index (χ0) is 22.6. The first-order chi connectivity index (χ1) is 14.7. The summed E-state index contributed by atoms with van der Waals surface area (Å²) < 4.78 is 52.8. The highest BCUT2D eigenvalue weighted by Crippen LogP contribution is 2.22. The smallest absolute Gasteiger partial charge is 0.244 e. The fraction of sp³-hybridized carbons (Fsp3) is 0.300. The summed E-state index contributed by atoms with van der Waals surface area (Å²) in [6.45, 7) is 0.507. The van der Waals surface area contributed by atoms with Crippen LogP contribution in [0.15, 0.2) is 58.3 Å². The summed E-state index contributed by atoms with van der Waals surface area (Å²) in [5, 5.41) is 2.55. The summed E-state index contributed by atoms with van der Waals surface area (Å²) >= 11 is 0. The molecule has 9 nitrogen and oxygen atoms in total. The van der Waals surface area contributed by atoms with E-state index in [9.17, 15) is 26.4 Å². The van der Waals surface area contributed by atoms with Gasteiger partial charge in [0.15, 0.2) is 6.29 Å². The lowest BCUT2D eigenvalue weighted by molar-refractivity contribution is -0.116. The van der Waals surface area contributed by atoms with Gasteiger partial charge in [0.25, 0.3) is 0 Å². The van der Waals surface area contributed by atoms with Crippen LogP contribution in [-0.4, -0.2) is 64.3 Å². The lowest BCUT2D eigenvalue weighted by atomic mass is 10.2. The third kappa shape index (κ3) is 5.01. The van der Waals surface area contributed by atoms with Crippen molar-refractivity contribution in [1.29, 1.82) is 0 Å². The second-order valence-electron chi connectivity index (χ2n) is 7.10. The van der Waals surface area contributed by atoms with Crippen molar-refractivity contribution in [2.24, 2.45) is 0 Å². The van der Waals surface area contributed by atoms with Crippen LogP contribution in [0.2, 0.25) is 0 Å². The van der Waals surface area contributed by atoms with Crippen molar-refractivity contribution < 1.29 is 26.4 Å². The van der Waals surface area contributed by atoms with Crippen molar-refractivity contribution in [3.8, 4) is 0 Å². The molecule has 0 bridgehead atoms. The molecule has 166 valence electrons. The molecular weight excluding hydrogens is 442 g/mol. The van der Waals surface area contributed by atoms with Crippen LogP contribution in [-0.2, 0) is 24.8 Å². The fourth-order valence-corrected chi connectivity index (χ4v) is 6.06. The van der Waals surface area contributed by atoms with Gasteiger partial charge in [-0.25, -0.2) is 16.8 Å². The lowest BCUT2D eigenvalue weighted by Gasteiger charge is -2.18.